The molecule has 0 aliphatic carbocycles. The van der Waals surface area contributed by atoms with Crippen molar-refractivity contribution in [2.24, 2.45) is 0 Å². The average Bonchev–Trinajstić information content (AvgIpc) is 3.24. The van der Waals surface area contributed by atoms with E-state index < -0.39 is 30.1 Å². The van der Waals surface area contributed by atoms with Crippen LogP contribution in [-0.4, -0.2) is 46.6 Å². The first-order valence-electron chi connectivity index (χ1n) is 9.79. The summed E-state index contributed by atoms with van der Waals surface area (Å²) in [6.45, 7) is 0.462. The minimum atomic E-state index is -1.20. The van der Waals surface area contributed by atoms with Crippen LogP contribution in [0.5, 0.6) is 0 Å². The van der Waals surface area contributed by atoms with Gasteiger partial charge in [0, 0.05) is 23.0 Å². The number of halogens is 2. The number of carbonyl (C=O) groups is 3. The van der Waals surface area contributed by atoms with Gasteiger partial charge in [-0.05, 0) is 36.1 Å². The highest BCUT2D eigenvalue weighted by molar-refractivity contribution is 6.35. The van der Waals surface area contributed by atoms with E-state index in [-0.39, 0.29) is 13.0 Å². The van der Waals surface area contributed by atoms with E-state index in [0.717, 1.165) is 5.56 Å². The minimum Gasteiger partial charge on any atom is -0.480 e. The number of carbonyl (C=O) groups excluding carboxylic acids is 2. The van der Waals surface area contributed by atoms with Gasteiger partial charge in [0.15, 0.2) is 0 Å². The van der Waals surface area contributed by atoms with E-state index in [0.29, 0.717) is 35.0 Å². The number of nitrogens with one attached hydrogen (secondary N) is 1. The van der Waals surface area contributed by atoms with Crippen LogP contribution < -0.4 is 5.32 Å². The van der Waals surface area contributed by atoms with Crippen LogP contribution in [0.3, 0.4) is 0 Å². The first-order chi connectivity index (χ1) is 14.8. The summed E-state index contributed by atoms with van der Waals surface area (Å²) < 4.78 is 5.33. The van der Waals surface area contributed by atoms with Gasteiger partial charge in [0.25, 0.3) is 0 Å². The Kier molecular flexibility index (Phi) is 7.76. The molecule has 0 bridgehead atoms. The first kappa shape index (κ1) is 22.9. The highest BCUT2D eigenvalue weighted by Gasteiger charge is 2.36. The van der Waals surface area contributed by atoms with Gasteiger partial charge in [-0.2, -0.15) is 0 Å². The third-order valence-corrected chi connectivity index (χ3v) is 5.64. The molecule has 3 rings (SSSR count). The van der Waals surface area contributed by atoms with Crippen molar-refractivity contribution < 1.29 is 24.2 Å². The van der Waals surface area contributed by atoms with E-state index >= 15 is 0 Å². The smallest absolute Gasteiger partial charge is 0.410 e. The minimum absolute atomic E-state index is 0.0117. The molecule has 1 heterocycles. The van der Waals surface area contributed by atoms with Crippen molar-refractivity contribution >= 4 is 41.2 Å². The SMILES string of the molecule is O=C(O)[C@H](Cc1ccc(Cl)cc1Cl)NC(=O)[C@H]1CCCN1C(=O)OCc1ccccc1. The second-order valence-electron chi connectivity index (χ2n) is 7.23. The van der Waals surface area contributed by atoms with Gasteiger partial charge in [0.1, 0.15) is 18.7 Å². The number of nitrogens with zero attached hydrogens (tertiary/aromatic N) is 1. The molecule has 7 nitrogen and oxygen atoms in total. The number of ether oxygens (including phenoxy) is 1. The molecule has 164 valence electrons. The van der Waals surface area contributed by atoms with E-state index in [1.54, 1.807) is 12.1 Å². The number of hydrogen-bond acceptors (Lipinski definition) is 4. The van der Waals surface area contributed by atoms with Crippen LogP contribution >= 0.6 is 23.2 Å². The first-order valence-corrected chi connectivity index (χ1v) is 10.5. The number of rotatable bonds is 7. The lowest BCUT2D eigenvalue weighted by Gasteiger charge is -2.25. The van der Waals surface area contributed by atoms with Crippen LogP contribution in [0.15, 0.2) is 48.5 Å². The molecule has 2 N–H and O–H groups in total. The second-order valence-corrected chi connectivity index (χ2v) is 8.07. The maximum atomic E-state index is 12.8. The molecule has 9 heteroatoms. The van der Waals surface area contributed by atoms with Crippen molar-refractivity contribution in [3.63, 3.8) is 0 Å². The van der Waals surface area contributed by atoms with E-state index in [9.17, 15) is 19.5 Å². The van der Waals surface area contributed by atoms with Gasteiger partial charge in [-0.15, -0.1) is 0 Å². The molecule has 31 heavy (non-hydrogen) atoms. The molecule has 1 fully saturated rings. The van der Waals surface area contributed by atoms with Crippen LogP contribution in [0.25, 0.3) is 0 Å². The topological polar surface area (TPSA) is 95.9 Å². The van der Waals surface area contributed by atoms with Gasteiger partial charge >= 0.3 is 12.1 Å². The molecule has 1 saturated heterocycles. The number of amides is 2. The van der Waals surface area contributed by atoms with Crippen molar-refractivity contribution in [3.05, 3.63) is 69.7 Å². The highest BCUT2D eigenvalue weighted by atomic mass is 35.5. The Morgan fingerprint density at radius 1 is 1.16 bits per heavy atom. The Morgan fingerprint density at radius 3 is 2.58 bits per heavy atom. The van der Waals surface area contributed by atoms with Crippen LogP contribution in [0.2, 0.25) is 10.0 Å². The molecule has 1 aliphatic heterocycles. The van der Waals surface area contributed by atoms with Gasteiger partial charge in [-0.25, -0.2) is 9.59 Å². The van der Waals surface area contributed by atoms with Crippen LogP contribution in [0.4, 0.5) is 4.79 Å². The molecule has 1 aliphatic rings. The number of benzene rings is 2. The maximum Gasteiger partial charge on any atom is 0.410 e. The quantitative estimate of drug-likeness (QED) is 0.647. The molecule has 2 aromatic carbocycles. The normalized spacial score (nSPS) is 16.6. The highest BCUT2D eigenvalue weighted by Crippen LogP contribution is 2.23. The monoisotopic (exact) mass is 464 g/mol. The van der Waals surface area contributed by atoms with Crippen molar-refractivity contribution in [1.82, 2.24) is 10.2 Å². The van der Waals surface area contributed by atoms with Crippen molar-refractivity contribution in [2.75, 3.05) is 6.54 Å². The van der Waals surface area contributed by atoms with Gasteiger partial charge < -0.3 is 15.2 Å². The number of carboxylic acids is 1. The number of aliphatic carboxylic acids is 1. The lowest BCUT2D eigenvalue weighted by molar-refractivity contribution is -0.142. The van der Waals surface area contributed by atoms with Crippen molar-refractivity contribution in [1.29, 1.82) is 0 Å². The summed E-state index contributed by atoms with van der Waals surface area (Å²) in [5, 5.41) is 12.8. The molecular weight excluding hydrogens is 443 g/mol. The predicted octanol–water partition coefficient (Wildman–Crippen LogP) is 3.91. The van der Waals surface area contributed by atoms with E-state index in [1.165, 1.54) is 11.0 Å². The van der Waals surface area contributed by atoms with Gasteiger partial charge in [-0.1, -0.05) is 59.6 Å². The standard InChI is InChI=1S/C22H22Cl2N2O5/c23-16-9-8-15(17(24)12-16)11-18(21(28)29)25-20(27)19-7-4-10-26(19)22(30)31-13-14-5-2-1-3-6-14/h1-3,5-6,8-9,12,18-19H,4,7,10-11,13H2,(H,25,27)(H,28,29)/t18-,19+/m0/s1. The third kappa shape index (κ3) is 6.12. The Hall–Kier alpha value is -2.77. The van der Waals surface area contributed by atoms with E-state index in [1.807, 2.05) is 30.3 Å². The largest absolute Gasteiger partial charge is 0.480 e. The second kappa shape index (κ2) is 10.5. The van der Waals surface area contributed by atoms with E-state index in [2.05, 4.69) is 5.32 Å². The number of likely N-dealkylation sites (tertiary alicyclic amines) is 1. The molecule has 0 spiro atoms. The number of carboxylic acid groups (broad SMARTS) is 1. The Balaban J connectivity index is 1.62. The average molecular weight is 465 g/mol. The Bertz CT molecular complexity index is 954. The fourth-order valence-corrected chi connectivity index (χ4v) is 3.92. The molecule has 0 radical (unpaired) electrons. The fraction of sp³-hybridized carbons (Fsp3) is 0.318. The molecule has 0 aromatic heterocycles. The summed E-state index contributed by atoms with van der Waals surface area (Å²) in [4.78, 5) is 38.4. The van der Waals surface area contributed by atoms with Gasteiger partial charge in [-0.3, -0.25) is 9.69 Å². The summed E-state index contributed by atoms with van der Waals surface area (Å²) in [6.07, 6.45) is 0.441. The van der Waals surface area contributed by atoms with Crippen LogP contribution in [0, 0.1) is 0 Å². The molecule has 2 amide bonds. The summed E-state index contributed by atoms with van der Waals surface area (Å²) in [5.74, 6) is -1.73. The van der Waals surface area contributed by atoms with Gasteiger partial charge in [0.05, 0.1) is 0 Å². The Labute approximate surface area is 189 Å². The molecule has 2 atom stereocenters. The maximum absolute atomic E-state index is 12.8. The summed E-state index contributed by atoms with van der Waals surface area (Å²) >= 11 is 12.0. The zero-order valence-corrected chi connectivity index (χ0v) is 18.1. The van der Waals surface area contributed by atoms with Crippen molar-refractivity contribution in [2.45, 2.75) is 38.0 Å². The summed E-state index contributed by atoms with van der Waals surface area (Å²) in [5.41, 5.74) is 1.38. The predicted molar refractivity (Wildman–Crippen MR) is 116 cm³/mol. The van der Waals surface area contributed by atoms with Gasteiger partial charge in [0.2, 0.25) is 5.91 Å². The molecule has 0 unspecified atom stereocenters. The molecular formula is C22H22Cl2N2O5. The lowest BCUT2D eigenvalue weighted by Crippen LogP contribution is -2.51. The summed E-state index contributed by atoms with van der Waals surface area (Å²) in [6, 6.07) is 12.0. The fourth-order valence-electron chi connectivity index (χ4n) is 3.44. The zero-order chi connectivity index (χ0) is 22.4. The lowest BCUT2D eigenvalue weighted by atomic mass is 10.1. The number of hydrogen-bond donors (Lipinski definition) is 2. The zero-order valence-electron chi connectivity index (χ0n) is 16.6. The molecule has 2 aromatic rings. The van der Waals surface area contributed by atoms with Crippen LogP contribution in [-0.2, 0) is 27.4 Å². The Morgan fingerprint density at radius 2 is 1.90 bits per heavy atom. The van der Waals surface area contributed by atoms with Crippen LogP contribution in [0.1, 0.15) is 24.0 Å². The third-order valence-electron chi connectivity index (χ3n) is 5.05. The van der Waals surface area contributed by atoms with Crippen molar-refractivity contribution in [3.8, 4) is 0 Å². The summed E-state index contributed by atoms with van der Waals surface area (Å²) in [7, 11) is 0. The van der Waals surface area contributed by atoms with E-state index in [4.69, 9.17) is 27.9 Å². The molecule has 0 saturated carbocycles.